The molecule has 2 rings (SSSR count). The topological polar surface area (TPSA) is 96.4 Å². The fraction of sp³-hybridized carbons (Fsp3) is 0.640. The monoisotopic (exact) mass is 462 g/mol. The van der Waals surface area contributed by atoms with Gasteiger partial charge in [0.15, 0.2) is 0 Å². The number of aliphatic hydroxyl groups excluding tert-OH is 1. The van der Waals surface area contributed by atoms with E-state index < -0.39 is 35.5 Å². The van der Waals surface area contributed by atoms with E-state index in [4.69, 9.17) is 9.47 Å². The summed E-state index contributed by atoms with van der Waals surface area (Å²) in [5, 5.41) is 9.95. The summed E-state index contributed by atoms with van der Waals surface area (Å²) in [5.74, 6) is -1.78. The zero-order chi connectivity index (χ0) is 24.8. The van der Waals surface area contributed by atoms with Crippen LogP contribution < -0.4 is 0 Å². The Bertz CT molecular complexity index is 805. The first-order valence-corrected chi connectivity index (χ1v) is 11.5. The highest BCUT2D eigenvalue weighted by molar-refractivity contribution is 5.86. The van der Waals surface area contributed by atoms with E-state index in [0.29, 0.717) is 13.0 Å². The van der Waals surface area contributed by atoms with Crippen LogP contribution in [0.2, 0.25) is 0 Å². The molecule has 8 nitrogen and oxygen atoms in total. The smallest absolute Gasteiger partial charge is 0.410 e. The van der Waals surface area contributed by atoms with Crippen molar-refractivity contribution >= 4 is 18.0 Å². The summed E-state index contributed by atoms with van der Waals surface area (Å²) >= 11 is 0. The zero-order valence-electron chi connectivity index (χ0n) is 20.6. The molecule has 0 radical (unpaired) electrons. The molecule has 33 heavy (non-hydrogen) atoms. The number of likely N-dealkylation sites (N-methyl/N-ethyl adjacent to an activating group) is 1. The van der Waals surface area contributed by atoms with Crippen LogP contribution in [0.5, 0.6) is 0 Å². The molecule has 8 heteroatoms. The van der Waals surface area contributed by atoms with Gasteiger partial charge in [-0.1, -0.05) is 44.2 Å². The van der Waals surface area contributed by atoms with Crippen LogP contribution in [0.25, 0.3) is 0 Å². The first kappa shape index (κ1) is 26.6. The zero-order valence-corrected chi connectivity index (χ0v) is 20.6. The van der Waals surface area contributed by atoms with E-state index in [1.165, 1.54) is 9.80 Å². The fourth-order valence-corrected chi connectivity index (χ4v) is 4.12. The molecule has 1 fully saturated rings. The summed E-state index contributed by atoms with van der Waals surface area (Å²) in [7, 11) is 1.60. The van der Waals surface area contributed by atoms with Crippen LogP contribution >= 0.6 is 0 Å². The van der Waals surface area contributed by atoms with Crippen LogP contribution in [0.3, 0.4) is 0 Å². The van der Waals surface area contributed by atoms with E-state index in [-0.39, 0.29) is 31.6 Å². The van der Waals surface area contributed by atoms with Crippen molar-refractivity contribution in [3.05, 3.63) is 35.9 Å². The van der Waals surface area contributed by atoms with Crippen molar-refractivity contribution in [1.82, 2.24) is 9.80 Å². The van der Waals surface area contributed by atoms with Gasteiger partial charge in [0.1, 0.15) is 18.2 Å². The van der Waals surface area contributed by atoms with Crippen molar-refractivity contribution in [2.45, 2.75) is 59.3 Å². The molecule has 0 aromatic heterocycles. The van der Waals surface area contributed by atoms with E-state index in [2.05, 4.69) is 0 Å². The molecule has 1 aliphatic heterocycles. The number of hydrogen-bond acceptors (Lipinski definition) is 6. The van der Waals surface area contributed by atoms with E-state index in [1.807, 2.05) is 44.2 Å². The third-order valence-electron chi connectivity index (χ3n) is 5.80. The second-order valence-electron chi connectivity index (χ2n) is 10.00. The molecule has 1 aromatic carbocycles. The van der Waals surface area contributed by atoms with Gasteiger partial charge in [-0.15, -0.1) is 0 Å². The van der Waals surface area contributed by atoms with Crippen molar-refractivity contribution in [3.8, 4) is 0 Å². The van der Waals surface area contributed by atoms with Crippen molar-refractivity contribution in [2.75, 3.05) is 26.7 Å². The van der Waals surface area contributed by atoms with E-state index in [1.54, 1.807) is 27.8 Å². The first-order chi connectivity index (χ1) is 15.4. The maximum absolute atomic E-state index is 13.4. The predicted octanol–water partition coefficient (Wildman–Crippen LogP) is 3.08. The first-order valence-electron chi connectivity index (χ1n) is 11.5. The average Bonchev–Trinajstić information content (AvgIpc) is 2.76. The van der Waals surface area contributed by atoms with Gasteiger partial charge in [0.25, 0.3) is 0 Å². The number of rotatable bonds is 7. The van der Waals surface area contributed by atoms with Gasteiger partial charge in [-0.2, -0.15) is 0 Å². The average molecular weight is 463 g/mol. The van der Waals surface area contributed by atoms with Crippen LogP contribution in [0, 0.1) is 17.8 Å². The Hall–Kier alpha value is -2.61. The van der Waals surface area contributed by atoms with Crippen LogP contribution in [-0.2, 0) is 25.7 Å². The number of aliphatic hydroxyl groups is 1. The molecule has 0 bridgehead atoms. The number of carbonyl (C=O) groups is 3. The summed E-state index contributed by atoms with van der Waals surface area (Å²) in [6.07, 6.45) is -0.0675. The molecule has 1 N–H and O–H groups in total. The molecule has 1 aliphatic rings. The molecule has 0 saturated carbocycles. The van der Waals surface area contributed by atoms with E-state index in [9.17, 15) is 19.5 Å². The summed E-state index contributed by atoms with van der Waals surface area (Å²) < 4.78 is 10.9. The Morgan fingerprint density at radius 2 is 1.82 bits per heavy atom. The number of ether oxygens (including phenoxy) is 2. The third-order valence-corrected chi connectivity index (χ3v) is 5.80. The number of piperidine rings is 1. The molecule has 0 spiro atoms. The molecule has 0 unspecified atom stereocenters. The molecular formula is C25H38N2O6. The van der Waals surface area contributed by atoms with Gasteiger partial charge in [-0.3, -0.25) is 4.79 Å². The number of amides is 2. The molecule has 0 aliphatic carbocycles. The Morgan fingerprint density at radius 1 is 1.18 bits per heavy atom. The van der Waals surface area contributed by atoms with Gasteiger partial charge in [-0.25, -0.2) is 9.59 Å². The van der Waals surface area contributed by atoms with Crippen molar-refractivity contribution < 1.29 is 29.0 Å². The highest BCUT2D eigenvalue weighted by atomic mass is 16.6. The summed E-state index contributed by atoms with van der Waals surface area (Å²) in [4.78, 5) is 41.6. The molecule has 1 saturated heterocycles. The summed E-state index contributed by atoms with van der Waals surface area (Å²) in [5.41, 5.74) is 0.251. The lowest BCUT2D eigenvalue weighted by atomic mass is 9.84. The maximum Gasteiger partial charge on any atom is 0.410 e. The number of carbonyl (C=O) groups excluding carboxylic acids is 3. The standard InChI is InChI=1S/C25H38N2O6/c1-17(2)21(23(30)32-16-18-10-8-7-9-11-18)26(6)22(29)20-12-13-27(14-19(20)15-28)24(31)33-25(3,4)5/h7-11,17,19-21,28H,12-16H2,1-6H3/t19-,20-,21+/m1/s1. The molecule has 2 amide bonds. The highest BCUT2D eigenvalue weighted by Crippen LogP contribution is 2.28. The number of hydrogen-bond donors (Lipinski definition) is 1. The van der Waals surface area contributed by atoms with E-state index >= 15 is 0 Å². The molecule has 184 valence electrons. The van der Waals surface area contributed by atoms with Gasteiger partial charge in [-0.05, 0) is 38.7 Å². The van der Waals surface area contributed by atoms with Crippen LogP contribution in [-0.4, -0.2) is 71.3 Å². The largest absolute Gasteiger partial charge is 0.459 e. The highest BCUT2D eigenvalue weighted by Gasteiger charge is 2.41. The Morgan fingerprint density at radius 3 is 2.36 bits per heavy atom. The van der Waals surface area contributed by atoms with Crippen LogP contribution in [0.15, 0.2) is 30.3 Å². The minimum Gasteiger partial charge on any atom is -0.459 e. The van der Waals surface area contributed by atoms with Gasteiger partial charge in [0.05, 0.1) is 0 Å². The number of likely N-dealkylation sites (tertiary alicyclic amines) is 1. The van der Waals surface area contributed by atoms with Crippen molar-refractivity contribution in [3.63, 3.8) is 0 Å². The quantitative estimate of drug-likeness (QED) is 0.626. The second kappa shape index (κ2) is 11.5. The lowest BCUT2D eigenvalue weighted by Crippen LogP contribution is -2.54. The molecular weight excluding hydrogens is 424 g/mol. The summed E-state index contributed by atoms with van der Waals surface area (Å²) in [6.45, 7) is 9.58. The minimum absolute atomic E-state index is 0.137. The van der Waals surface area contributed by atoms with Crippen molar-refractivity contribution in [1.29, 1.82) is 0 Å². The van der Waals surface area contributed by atoms with Crippen molar-refractivity contribution in [2.24, 2.45) is 17.8 Å². The molecule has 1 heterocycles. The molecule has 3 atom stereocenters. The predicted molar refractivity (Wildman–Crippen MR) is 124 cm³/mol. The molecule has 1 aromatic rings. The van der Waals surface area contributed by atoms with Gasteiger partial charge < -0.3 is 24.4 Å². The lowest BCUT2D eigenvalue weighted by molar-refractivity contribution is -0.160. The van der Waals surface area contributed by atoms with Crippen LogP contribution in [0.4, 0.5) is 4.79 Å². The number of benzene rings is 1. The van der Waals surface area contributed by atoms with Crippen LogP contribution in [0.1, 0.15) is 46.6 Å². The SMILES string of the molecule is CC(C)[C@@H](C(=O)OCc1ccccc1)N(C)C(=O)[C@@H]1CCN(C(=O)OC(C)(C)C)C[C@@H]1CO. The van der Waals surface area contributed by atoms with E-state index in [0.717, 1.165) is 5.56 Å². The maximum atomic E-state index is 13.4. The Balaban J connectivity index is 2.05. The van der Waals surface area contributed by atoms with Gasteiger partial charge >= 0.3 is 12.1 Å². The Kier molecular flexibility index (Phi) is 9.28. The lowest BCUT2D eigenvalue weighted by Gasteiger charge is -2.40. The number of nitrogens with zero attached hydrogens (tertiary/aromatic N) is 2. The second-order valence-corrected chi connectivity index (χ2v) is 10.00. The van der Waals surface area contributed by atoms with Gasteiger partial charge in [0.2, 0.25) is 5.91 Å². The fourth-order valence-electron chi connectivity index (χ4n) is 4.12. The summed E-state index contributed by atoms with van der Waals surface area (Å²) in [6, 6.07) is 8.63. The number of esters is 1. The Labute approximate surface area is 196 Å². The normalized spacial score (nSPS) is 19.7. The minimum atomic E-state index is -0.746. The third kappa shape index (κ3) is 7.45. The van der Waals surface area contributed by atoms with Gasteiger partial charge in [0, 0.05) is 38.6 Å².